The SMILES string of the molecule is CC(C)(CNC(=O)N1CC(CC(=O)O)C1)NS(C)(=O)=O. The van der Waals surface area contributed by atoms with E-state index < -0.39 is 21.5 Å². The molecule has 116 valence electrons. The van der Waals surface area contributed by atoms with Crippen LogP contribution in [0.1, 0.15) is 20.3 Å². The average Bonchev–Trinajstić information content (AvgIpc) is 2.15. The largest absolute Gasteiger partial charge is 0.481 e. The lowest BCUT2D eigenvalue weighted by molar-refractivity contribution is -0.139. The minimum atomic E-state index is -3.34. The molecule has 3 N–H and O–H groups in total. The Morgan fingerprint density at radius 2 is 1.90 bits per heavy atom. The molecule has 8 nitrogen and oxygen atoms in total. The lowest BCUT2D eigenvalue weighted by Gasteiger charge is -2.39. The Kier molecular flexibility index (Phi) is 4.98. The predicted octanol–water partition coefficient (Wildman–Crippen LogP) is -0.570. The van der Waals surface area contributed by atoms with E-state index in [-0.39, 0.29) is 24.9 Å². The number of sulfonamides is 1. The topological polar surface area (TPSA) is 116 Å². The van der Waals surface area contributed by atoms with E-state index in [1.54, 1.807) is 13.8 Å². The second-order valence-electron chi connectivity index (χ2n) is 5.79. The molecule has 0 aromatic carbocycles. The summed E-state index contributed by atoms with van der Waals surface area (Å²) in [4.78, 5) is 23.7. The number of amides is 2. The number of nitrogens with one attached hydrogen (secondary N) is 2. The Morgan fingerprint density at radius 3 is 2.35 bits per heavy atom. The van der Waals surface area contributed by atoms with Crippen LogP contribution in [-0.4, -0.2) is 61.9 Å². The van der Waals surface area contributed by atoms with Crippen molar-refractivity contribution in [1.29, 1.82) is 0 Å². The first-order chi connectivity index (χ1) is 8.98. The van der Waals surface area contributed by atoms with E-state index in [1.165, 1.54) is 4.90 Å². The van der Waals surface area contributed by atoms with Crippen molar-refractivity contribution in [2.45, 2.75) is 25.8 Å². The predicted molar refractivity (Wildman–Crippen MR) is 72.8 cm³/mol. The van der Waals surface area contributed by atoms with E-state index in [0.29, 0.717) is 13.1 Å². The van der Waals surface area contributed by atoms with Gasteiger partial charge in [-0.1, -0.05) is 0 Å². The molecule has 0 saturated carbocycles. The maximum atomic E-state index is 11.8. The standard InChI is InChI=1S/C11H21N3O5S/c1-11(2,13-20(3,18)19)7-12-10(17)14-5-8(6-14)4-9(15)16/h8,13H,4-7H2,1-3H3,(H,12,17)(H,15,16). The van der Waals surface area contributed by atoms with Crippen molar-refractivity contribution >= 4 is 22.0 Å². The van der Waals surface area contributed by atoms with Crippen molar-refractivity contribution in [2.75, 3.05) is 25.9 Å². The Bertz CT molecular complexity index is 482. The third-order valence-corrected chi connectivity index (χ3v) is 3.77. The fraction of sp³-hybridized carbons (Fsp3) is 0.818. The second kappa shape index (κ2) is 5.96. The van der Waals surface area contributed by atoms with Crippen LogP contribution in [0.4, 0.5) is 4.79 Å². The molecular weight excluding hydrogens is 286 g/mol. The quantitative estimate of drug-likeness (QED) is 0.608. The van der Waals surface area contributed by atoms with Gasteiger partial charge in [0.25, 0.3) is 0 Å². The van der Waals surface area contributed by atoms with Crippen LogP contribution in [0, 0.1) is 5.92 Å². The van der Waals surface area contributed by atoms with Crippen LogP contribution >= 0.6 is 0 Å². The summed E-state index contributed by atoms with van der Waals surface area (Å²) < 4.78 is 24.7. The lowest BCUT2D eigenvalue weighted by atomic mass is 9.97. The number of hydrogen-bond donors (Lipinski definition) is 3. The highest BCUT2D eigenvalue weighted by atomic mass is 32.2. The van der Waals surface area contributed by atoms with E-state index in [0.717, 1.165) is 6.26 Å². The minimum Gasteiger partial charge on any atom is -0.481 e. The fourth-order valence-corrected chi connectivity index (χ4v) is 3.13. The van der Waals surface area contributed by atoms with Crippen molar-refractivity contribution in [1.82, 2.24) is 14.9 Å². The molecule has 1 aliphatic rings. The van der Waals surface area contributed by atoms with Gasteiger partial charge in [0, 0.05) is 31.1 Å². The summed E-state index contributed by atoms with van der Waals surface area (Å²) in [5.74, 6) is -0.867. The highest BCUT2D eigenvalue weighted by Crippen LogP contribution is 2.18. The van der Waals surface area contributed by atoms with Crippen LogP contribution in [-0.2, 0) is 14.8 Å². The number of nitrogens with zero attached hydrogens (tertiary/aromatic N) is 1. The van der Waals surface area contributed by atoms with E-state index in [4.69, 9.17) is 5.11 Å². The number of hydrogen-bond acceptors (Lipinski definition) is 4. The molecule has 20 heavy (non-hydrogen) atoms. The normalized spacial score (nSPS) is 16.6. The van der Waals surface area contributed by atoms with Gasteiger partial charge < -0.3 is 15.3 Å². The van der Waals surface area contributed by atoms with Gasteiger partial charge in [-0.2, -0.15) is 0 Å². The summed E-state index contributed by atoms with van der Waals surface area (Å²) in [5.41, 5.74) is -0.783. The summed E-state index contributed by atoms with van der Waals surface area (Å²) in [7, 11) is -3.34. The fourth-order valence-electron chi connectivity index (χ4n) is 2.06. The third-order valence-electron chi connectivity index (χ3n) is 2.85. The van der Waals surface area contributed by atoms with Gasteiger partial charge in [-0.3, -0.25) is 4.79 Å². The lowest BCUT2D eigenvalue weighted by Crippen LogP contribution is -2.58. The molecule has 0 spiro atoms. The minimum absolute atomic E-state index is 0.000375. The monoisotopic (exact) mass is 307 g/mol. The van der Waals surface area contributed by atoms with Gasteiger partial charge in [0.1, 0.15) is 0 Å². The number of likely N-dealkylation sites (tertiary alicyclic amines) is 1. The van der Waals surface area contributed by atoms with E-state index in [2.05, 4.69) is 10.0 Å². The smallest absolute Gasteiger partial charge is 0.317 e. The maximum absolute atomic E-state index is 11.8. The molecular formula is C11H21N3O5S. The van der Waals surface area contributed by atoms with Crippen LogP contribution < -0.4 is 10.0 Å². The number of rotatable bonds is 6. The molecule has 0 unspecified atom stereocenters. The maximum Gasteiger partial charge on any atom is 0.317 e. The number of carbonyl (C=O) groups is 2. The van der Waals surface area contributed by atoms with Crippen molar-refractivity contribution < 1.29 is 23.1 Å². The number of carbonyl (C=O) groups excluding carboxylic acids is 1. The van der Waals surface area contributed by atoms with Gasteiger partial charge in [-0.15, -0.1) is 0 Å². The molecule has 1 aliphatic heterocycles. The van der Waals surface area contributed by atoms with E-state index >= 15 is 0 Å². The Labute approximate surface area is 118 Å². The van der Waals surface area contributed by atoms with Crippen LogP contribution in [0.25, 0.3) is 0 Å². The van der Waals surface area contributed by atoms with Gasteiger partial charge >= 0.3 is 12.0 Å². The summed E-state index contributed by atoms with van der Waals surface area (Å²) in [6, 6.07) is -0.310. The second-order valence-corrected chi connectivity index (χ2v) is 7.53. The summed E-state index contributed by atoms with van der Waals surface area (Å²) >= 11 is 0. The van der Waals surface area contributed by atoms with Gasteiger partial charge in [-0.05, 0) is 13.8 Å². The molecule has 0 aromatic rings. The summed E-state index contributed by atoms with van der Waals surface area (Å²) in [6.45, 7) is 4.31. The Morgan fingerprint density at radius 1 is 1.35 bits per heavy atom. The molecule has 1 heterocycles. The number of urea groups is 1. The van der Waals surface area contributed by atoms with Crippen molar-refractivity contribution in [3.63, 3.8) is 0 Å². The third kappa shape index (κ3) is 5.74. The zero-order valence-corrected chi connectivity index (χ0v) is 12.7. The van der Waals surface area contributed by atoms with E-state index in [9.17, 15) is 18.0 Å². The molecule has 0 aliphatic carbocycles. The number of carboxylic acid groups (broad SMARTS) is 1. The highest BCUT2D eigenvalue weighted by molar-refractivity contribution is 7.88. The van der Waals surface area contributed by atoms with Crippen LogP contribution in [0.3, 0.4) is 0 Å². The van der Waals surface area contributed by atoms with Gasteiger partial charge in [0.2, 0.25) is 10.0 Å². The van der Waals surface area contributed by atoms with Crippen LogP contribution in [0.15, 0.2) is 0 Å². The molecule has 0 atom stereocenters. The molecule has 1 fully saturated rings. The zero-order chi connectivity index (χ0) is 15.6. The van der Waals surface area contributed by atoms with Gasteiger partial charge in [0.05, 0.1) is 12.7 Å². The van der Waals surface area contributed by atoms with Crippen molar-refractivity contribution in [2.24, 2.45) is 5.92 Å². The number of carboxylic acids is 1. The van der Waals surface area contributed by atoms with Crippen molar-refractivity contribution in [3.05, 3.63) is 0 Å². The highest BCUT2D eigenvalue weighted by Gasteiger charge is 2.33. The first kappa shape index (κ1) is 16.7. The van der Waals surface area contributed by atoms with Gasteiger partial charge in [-0.25, -0.2) is 17.9 Å². The molecule has 0 aromatic heterocycles. The number of aliphatic carboxylic acids is 1. The average molecular weight is 307 g/mol. The Hall–Kier alpha value is -1.35. The summed E-state index contributed by atoms with van der Waals surface area (Å²) in [5, 5.41) is 11.2. The van der Waals surface area contributed by atoms with E-state index in [1.807, 2.05) is 0 Å². The first-order valence-corrected chi connectivity index (χ1v) is 8.11. The van der Waals surface area contributed by atoms with Crippen LogP contribution in [0.5, 0.6) is 0 Å². The molecule has 1 saturated heterocycles. The Balaban J connectivity index is 2.33. The summed E-state index contributed by atoms with van der Waals surface area (Å²) in [6.07, 6.45) is 1.12. The zero-order valence-electron chi connectivity index (χ0n) is 11.8. The molecule has 0 radical (unpaired) electrons. The molecule has 9 heteroatoms. The van der Waals surface area contributed by atoms with Gasteiger partial charge in [0.15, 0.2) is 0 Å². The molecule has 2 amide bonds. The van der Waals surface area contributed by atoms with Crippen LogP contribution in [0.2, 0.25) is 0 Å². The first-order valence-electron chi connectivity index (χ1n) is 6.22. The molecule has 0 bridgehead atoms. The molecule has 1 rings (SSSR count). The van der Waals surface area contributed by atoms with Crippen molar-refractivity contribution in [3.8, 4) is 0 Å².